The smallest absolute Gasteiger partial charge is 0.0786 e. The highest BCUT2D eigenvalue weighted by atomic mass is 127. The van der Waals surface area contributed by atoms with E-state index in [-0.39, 0.29) is 24.0 Å². The number of hydrogen-bond acceptors (Lipinski definition) is 0. The first-order valence-corrected chi connectivity index (χ1v) is 7.09. The van der Waals surface area contributed by atoms with Crippen LogP contribution >= 0.6 is 0 Å². The van der Waals surface area contributed by atoms with Crippen LogP contribution < -0.4 is 24.0 Å². The van der Waals surface area contributed by atoms with Crippen molar-refractivity contribution in [2.45, 2.75) is 66.2 Å². The Morgan fingerprint density at radius 2 is 0.938 bits per heavy atom. The van der Waals surface area contributed by atoms with Gasteiger partial charge in [0.25, 0.3) is 0 Å². The van der Waals surface area contributed by atoms with Gasteiger partial charge >= 0.3 is 0 Å². The molecular weight excluding hydrogens is 309 g/mol. The minimum atomic E-state index is 0. The van der Waals surface area contributed by atoms with Gasteiger partial charge in [0, 0.05) is 0 Å². The molecule has 0 saturated heterocycles. The quantitative estimate of drug-likeness (QED) is 0.414. The summed E-state index contributed by atoms with van der Waals surface area (Å²) in [4.78, 5) is 0. The van der Waals surface area contributed by atoms with Gasteiger partial charge in [0.05, 0.1) is 26.2 Å². The summed E-state index contributed by atoms with van der Waals surface area (Å²) in [7, 11) is 0. The molecule has 0 N–H and O–H groups in total. The molecule has 100 valence electrons. The molecule has 0 unspecified atom stereocenters. The van der Waals surface area contributed by atoms with Crippen molar-refractivity contribution < 1.29 is 28.5 Å². The molecule has 0 aromatic carbocycles. The third-order valence-corrected chi connectivity index (χ3v) is 3.37. The van der Waals surface area contributed by atoms with Crippen molar-refractivity contribution in [2.24, 2.45) is 0 Å². The maximum Gasteiger partial charge on any atom is 0.0786 e. The average molecular weight is 341 g/mol. The number of hydrogen-bond donors (Lipinski definition) is 0. The monoisotopic (exact) mass is 341 g/mol. The molecule has 0 aliphatic heterocycles. The SMILES string of the molecule is CCCC[N+](CCC)(CCC)CCCC.[I-]. The summed E-state index contributed by atoms with van der Waals surface area (Å²) in [5.41, 5.74) is 0. The second-order valence-corrected chi connectivity index (χ2v) is 4.94. The van der Waals surface area contributed by atoms with Gasteiger partial charge < -0.3 is 28.5 Å². The Balaban J connectivity index is 0. The molecule has 0 aliphatic carbocycles. The zero-order valence-electron chi connectivity index (χ0n) is 11.9. The Hall–Kier alpha value is 0.690. The molecule has 0 atom stereocenters. The van der Waals surface area contributed by atoms with Crippen LogP contribution in [0.4, 0.5) is 0 Å². The number of halogens is 1. The molecule has 0 saturated carbocycles. The van der Waals surface area contributed by atoms with Crippen LogP contribution in [-0.2, 0) is 0 Å². The van der Waals surface area contributed by atoms with Gasteiger partial charge in [-0.1, -0.05) is 40.5 Å². The van der Waals surface area contributed by atoms with Crippen molar-refractivity contribution in [2.75, 3.05) is 26.2 Å². The van der Waals surface area contributed by atoms with Crippen molar-refractivity contribution in [3.05, 3.63) is 0 Å². The second kappa shape index (κ2) is 12.2. The third-order valence-electron chi connectivity index (χ3n) is 3.37. The van der Waals surface area contributed by atoms with Crippen LogP contribution in [0.1, 0.15) is 66.2 Å². The summed E-state index contributed by atoms with van der Waals surface area (Å²) in [6.07, 6.45) is 8.19. The fraction of sp³-hybridized carbons (Fsp3) is 1.00. The Bertz CT molecular complexity index is 121. The molecule has 0 spiro atoms. The normalized spacial score (nSPS) is 11.2. The lowest BCUT2D eigenvalue weighted by molar-refractivity contribution is -0.928. The minimum Gasteiger partial charge on any atom is -1.00 e. The van der Waals surface area contributed by atoms with Gasteiger partial charge in [-0.15, -0.1) is 0 Å². The number of quaternary nitrogens is 1. The molecule has 0 amide bonds. The lowest BCUT2D eigenvalue weighted by Gasteiger charge is -2.39. The van der Waals surface area contributed by atoms with Gasteiger partial charge in [-0.3, -0.25) is 0 Å². The zero-order valence-corrected chi connectivity index (χ0v) is 14.1. The summed E-state index contributed by atoms with van der Waals surface area (Å²) >= 11 is 0. The van der Waals surface area contributed by atoms with Gasteiger partial charge in [0.15, 0.2) is 0 Å². The standard InChI is InChI=1S/C14H32N.HI/c1-5-9-13-15(11-7-3,12-8-4)14-10-6-2;/h5-14H2,1-4H3;1H/q+1;/p-1. The van der Waals surface area contributed by atoms with Gasteiger partial charge in [-0.25, -0.2) is 0 Å². The predicted octanol–water partition coefficient (Wildman–Crippen LogP) is 1.23. The highest BCUT2D eigenvalue weighted by Gasteiger charge is 2.23. The van der Waals surface area contributed by atoms with Crippen LogP contribution in [0, 0.1) is 0 Å². The first-order chi connectivity index (χ1) is 7.24. The van der Waals surface area contributed by atoms with Crippen LogP contribution in [0.2, 0.25) is 0 Å². The average Bonchev–Trinajstić information content (AvgIpc) is 2.24. The number of unbranched alkanes of at least 4 members (excludes halogenated alkanes) is 2. The summed E-state index contributed by atoms with van der Waals surface area (Å²) in [6, 6.07) is 0. The number of nitrogens with zero attached hydrogens (tertiary/aromatic N) is 1. The van der Waals surface area contributed by atoms with Crippen LogP contribution in [0.15, 0.2) is 0 Å². The topological polar surface area (TPSA) is 0 Å². The Morgan fingerprint density at radius 1 is 0.562 bits per heavy atom. The van der Waals surface area contributed by atoms with E-state index >= 15 is 0 Å². The molecule has 0 fully saturated rings. The fourth-order valence-corrected chi connectivity index (χ4v) is 2.61. The van der Waals surface area contributed by atoms with Crippen molar-refractivity contribution in [3.63, 3.8) is 0 Å². The minimum absolute atomic E-state index is 0. The summed E-state index contributed by atoms with van der Waals surface area (Å²) < 4.78 is 1.40. The lowest BCUT2D eigenvalue weighted by Crippen LogP contribution is -3.00. The molecule has 0 radical (unpaired) electrons. The zero-order chi connectivity index (χ0) is 11.6. The Kier molecular flexibility index (Phi) is 14.5. The van der Waals surface area contributed by atoms with E-state index in [0.29, 0.717) is 0 Å². The molecule has 0 heterocycles. The van der Waals surface area contributed by atoms with E-state index in [9.17, 15) is 0 Å². The molecule has 2 heteroatoms. The van der Waals surface area contributed by atoms with Crippen LogP contribution in [0.5, 0.6) is 0 Å². The molecule has 0 bridgehead atoms. The fourth-order valence-electron chi connectivity index (χ4n) is 2.61. The summed E-state index contributed by atoms with van der Waals surface area (Å²) in [5.74, 6) is 0. The van der Waals surface area contributed by atoms with Crippen molar-refractivity contribution in [1.82, 2.24) is 0 Å². The van der Waals surface area contributed by atoms with E-state index in [1.807, 2.05) is 0 Å². The first-order valence-electron chi connectivity index (χ1n) is 7.09. The highest BCUT2D eigenvalue weighted by molar-refractivity contribution is 4.46. The van der Waals surface area contributed by atoms with Crippen molar-refractivity contribution >= 4 is 0 Å². The maximum absolute atomic E-state index is 2.33. The number of rotatable bonds is 10. The van der Waals surface area contributed by atoms with Gasteiger partial charge in [-0.05, 0) is 25.7 Å². The lowest BCUT2D eigenvalue weighted by atomic mass is 10.1. The summed E-state index contributed by atoms with van der Waals surface area (Å²) in [6.45, 7) is 14.9. The Morgan fingerprint density at radius 3 is 1.19 bits per heavy atom. The molecule has 0 rings (SSSR count). The third kappa shape index (κ3) is 7.88. The van der Waals surface area contributed by atoms with Crippen LogP contribution in [-0.4, -0.2) is 30.7 Å². The van der Waals surface area contributed by atoms with E-state index in [2.05, 4.69) is 27.7 Å². The maximum atomic E-state index is 2.33. The Labute approximate surface area is 121 Å². The molecule has 16 heavy (non-hydrogen) atoms. The molecular formula is C14H32IN. The van der Waals surface area contributed by atoms with Crippen LogP contribution in [0.25, 0.3) is 0 Å². The van der Waals surface area contributed by atoms with E-state index in [0.717, 1.165) is 0 Å². The molecule has 1 nitrogen and oxygen atoms in total. The van der Waals surface area contributed by atoms with E-state index in [4.69, 9.17) is 0 Å². The highest BCUT2D eigenvalue weighted by Crippen LogP contribution is 2.14. The van der Waals surface area contributed by atoms with Crippen LogP contribution in [0.3, 0.4) is 0 Å². The largest absolute Gasteiger partial charge is 1.00 e. The first kappa shape index (κ1) is 19.0. The predicted molar refractivity (Wildman–Crippen MR) is 70.1 cm³/mol. The van der Waals surface area contributed by atoms with Gasteiger partial charge in [0.1, 0.15) is 0 Å². The van der Waals surface area contributed by atoms with Crippen molar-refractivity contribution in [3.8, 4) is 0 Å². The van der Waals surface area contributed by atoms with Gasteiger partial charge in [-0.2, -0.15) is 0 Å². The van der Waals surface area contributed by atoms with E-state index < -0.39 is 0 Å². The second-order valence-electron chi connectivity index (χ2n) is 4.94. The van der Waals surface area contributed by atoms with Crippen molar-refractivity contribution in [1.29, 1.82) is 0 Å². The molecule has 0 aromatic heterocycles. The molecule has 0 aliphatic rings. The van der Waals surface area contributed by atoms with E-state index in [1.165, 1.54) is 69.2 Å². The summed E-state index contributed by atoms with van der Waals surface area (Å²) in [5, 5.41) is 0. The van der Waals surface area contributed by atoms with Gasteiger partial charge in [0.2, 0.25) is 0 Å². The molecule has 0 aromatic rings. The van der Waals surface area contributed by atoms with E-state index in [1.54, 1.807) is 0 Å².